The molecule has 1 N–H and O–H groups in total. The average molecular weight is 1630 g/mol. The Bertz CT molecular complexity index is 2860. The fourth-order valence-electron chi connectivity index (χ4n) is 7.29. The van der Waals surface area contributed by atoms with E-state index in [0.29, 0.717) is 57.7 Å². The van der Waals surface area contributed by atoms with E-state index >= 15 is 0 Å². The lowest BCUT2D eigenvalue weighted by Crippen LogP contribution is -2.16. The zero-order valence-electron chi connectivity index (χ0n) is 76.4. The van der Waals surface area contributed by atoms with E-state index in [0.717, 1.165) is 63.4 Å². The second-order valence-corrected chi connectivity index (χ2v) is 25.7. The van der Waals surface area contributed by atoms with Gasteiger partial charge in [-0.25, -0.2) is 4.79 Å². The van der Waals surface area contributed by atoms with Crippen molar-refractivity contribution >= 4 is 65.6 Å². The SMILES string of the molecule is CC(=O)OCCOC(=O)c1ccccc1C.CCCC.CCCC(=O)NC.CCCC(=O)OC.CCCC(=O)OCCCCOC(C)=O.CCCC(=O)OCCOC(C)=O.CCCCC.CCCCCC.CCCOC(=O)CCOC(C)=O.CCCOC(C)=O.CCc1ccc(C)cc1.Cc1ccc(C)cc1.Cc1cccc(C)c1. The van der Waals surface area contributed by atoms with Crippen LogP contribution < -0.4 is 5.32 Å². The maximum Gasteiger partial charge on any atom is 0.338 e. The molecule has 0 aliphatic carbocycles. The molecule has 0 saturated heterocycles. The van der Waals surface area contributed by atoms with Crippen molar-refractivity contribution in [3.8, 4) is 0 Å². The van der Waals surface area contributed by atoms with Crippen molar-refractivity contribution in [2.45, 2.75) is 314 Å². The third-order valence-corrected chi connectivity index (χ3v) is 13.8. The Morgan fingerprint density at radius 3 is 0.930 bits per heavy atom. The molecule has 0 aliphatic heterocycles. The van der Waals surface area contributed by atoms with E-state index in [1.165, 1.54) is 133 Å². The van der Waals surface area contributed by atoms with E-state index in [9.17, 15) is 52.7 Å². The van der Waals surface area contributed by atoms with Crippen LogP contribution in [0.3, 0.4) is 0 Å². The molecule has 0 spiro atoms. The highest BCUT2D eigenvalue weighted by molar-refractivity contribution is 5.91. The number of nitrogens with one attached hydrogen (secondary N) is 1. The zero-order chi connectivity index (χ0) is 89.7. The predicted octanol–water partition coefficient (Wildman–Crippen LogP) is 21.4. The molecule has 1 amide bonds. The van der Waals surface area contributed by atoms with Crippen molar-refractivity contribution in [1.82, 2.24) is 5.32 Å². The number of carbonyl (C=O) groups excluding carboxylic acids is 11. The third-order valence-electron chi connectivity index (χ3n) is 13.8. The van der Waals surface area contributed by atoms with Crippen LogP contribution in [0.25, 0.3) is 0 Å². The molecule has 0 heterocycles. The Morgan fingerprint density at radius 2 is 0.617 bits per heavy atom. The van der Waals surface area contributed by atoms with Crippen LogP contribution in [0, 0.1) is 41.5 Å². The summed E-state index contributed by atoms with van der Waals surface area (Å²) in [5.41, 5.74) is 9.49. The number of hydrogen-bond acceptors (Lipinski definition) is 21. The molecule has 4 aromatic carbocycles. The first-order chi connectivity index (χ1) is 54.6. The number of rotatable bonds is 34. The van der Waals surface area contributed by atoms with Crippen molar-refractivity contribution in [3.05, 3.63) is 142 Å². The maximum absolute atomic E-state index is 11.5. The van der Waals surface area contributed by atoms with Gasteiger partial charge < -0.3 is 52.7 Å². The molecular formula is C93H159NO21. The van der Waals surface area contributed by atoms with Crippen molar-refractivity contribution in [1.29, 1.82) is 0 Å². The minimum Gasteiger partial charge on any atom is -0.469 e. The number of hydrogen-bond donors (Lipinski definition) is 1. The molecule has 0 saturated carbocycles. The summed E-state index contributed by atoms with van der Waals surface area (Å²) in [6.45, 7) is 48.5. The smallest absolute Gasteiger partial charge is 0.338 e. The number of ether oxygens (including phenoxy) is 10. The van der Waals surface area contributed by atoms with Gasteiger partial charge in [-0.3, -0.25) is 47.9 Å². The van der Waals surface area contributed by atoms with E-state index in [1.54, 1.807) is 19.2 Å². The van der Waals surface area contributed by atoms with Crippen LogP contribution in [-0.2, 0) is 102 Å². The zero-order valence-corrected chi connectivity index (χ0v) is 76.4. The summed E-state index contributed by atoms with van der Waals surface area (Å²) in [5.74, 6) is -2.69. The maximum atomic E-state index is 11.5. The van der Waals surface area contributed by atoms with Gasteiger partial charge in [-0.15, -0.1) is 0 Å². The number of benzene rings is 4. The second kappa shape index (κ2) is 99.2. The third kappa shape index (κ3) is 118. The van der Waals surface area contributed by atoms with Crippen LogP contribution in [0.4, 0.5) is 0 Å². The molecule has 115 heavy (non-hydrogen) atoms. The Kier molecular flexibility index (Phi) is 107. The number of carbonyl (C=O) groups is 11. The fourth-order valence-corrected chi connectivity index (χ4v) is 7.29. The van der Waals surface area contributed by atoms with Gasteiger partial charge in [0, 0.05) is 67.3 Å². The molecule has 0 fully saturated rings. The standard InChI is InChI=1S/C12H14O4.C10H18O4.C9H12.2C8H14O4.2C8H10.C6H14.C5H11NO.2C5H10O2.C5H12.C4H10/c1-9-5-3-4-6-11(9)12(14)16-8-7-15-10(2)13;1-3-6-10(12)14-8-5-4-7-13-9(2)11;1-3-9-6-4-8(2)5-7-9;1-3-5-12-8(10)4-6-11-7(2)9;1-3-4-8(10)12-6-5-11-7(2)9;1-7-3-5-8(2)6-4-7;1-7-4-3-5-8(2)6-7;1-3-5-6-4-2;1-3-4-5(7)6-2;1-3-4-5(6)7-2;1-3-4-7-5(2)6;1-3-5-4-2;1-3-4-2/h3-6H,7-8H2,1-2H3;3-8H2,1-2H3;4-7H,3H2,1-2H3;2*3-6H2,1-2H3;2*3-6H,1-2H3;3-6H2,1-2H3;3-4H2,1-2H3,(H,6,7);2*3-4H2,1-2H3;3-5H2,1-2H3;3-4H2,1-2H3. The van der Waals surface area contributed by atoms with Crippen LogP contribution in [0.2, 0.25) is 0 Å². The number of unbranched alkanes of at least 4 members (excludes halogenated alkanes) is 7. The van der Waals surface area contributed by atoms with Gasteiger partial charge in [-0.05, 0) is 117 Å². The molecule has 4 aromatic rings. The monoisotopic (exact) mass is 1630 g/mol. The van der Waals surface area contributed by atoms with E-state index in [1.807, 2.05) is 60.6 Å². The molecule has 0 atom stereocenters. The first kappa shape index (κ1) is 124. The molecule has 22 nitrogen and oxygen atoms in total. The summed E-state index contributed by atoms with van der Waals surface area (Å²) in [4.78, 5) is 116. The lowest BCUT2D eigenvalue weighted by Gasteiger charge is -2.06. The first-order valence-electron chi connectivity index (χ1n) is 41.4. The van der Waals surface area contributed by atoms with Crippen molar-refractivity contribution in [2.75, 3.05) is 73.6 Å². The van der Waals surface area contributed by atoms with Gasteiger partial charge in [-0.1, -0.05) is 267 Å². The highest BCUT2D eigenvalue weighted by Gasteiger charge is 2.10. The van der Waals surface area contributed by atoms with Crippen LogP contribution in [0.15, 0.2) is 97.1 Å². The summed E-state index contributed by atoms with van der Waals surface area (Å²) in [6, 6.07) is 32.7. The summed E-state index contributed by atoms with van der Waals surface area (Å²) in [7, 11) is 3.05. The lowest BCUT2D eigenvalue weighted by molar-refractivity contribution is -0.151. The molecule has 0 aliphatic rings. The van der Waals surface area contributed by atoms with E-state index in [4.69, 9.17) is 23.7 Å². The molecule has 4 rings (SSSR count). The van der Waals surface area contributed by atoms with Crippen LogP contribution in [0.1, 0.15) is 315 Å². The number of aryl methyl sites for hydroxylation is 7. The summed E-state index contributed by atoms with van der Waals surface area (Å²) in [5, 5.41) is 2.53. The molecule has 0 bridgehead atoms. The molecule has 22 heteroatoms. The highest BCUT2D eigenvalue weighted by Crippen LogP contribution is 2.09. The van der Waals surface area contributed by atoms with Gasteiger partial charge in [0.05, 0.1) is 45.5 Å². The average Bonchev–Trinajstić information content (AvgIpc) is 0.880. The molecule has 0 aromatic heterocycles. The minimum absolute atomic E-state index is 0.0761. The Balaban J connectivity index is -0.000000154. The normalized spacial score (nSPS) is 9.06. The van der Waals surface area contributed by atoms with Crippen molar-refractivity contribution < 1.29 is 100 Å². The van der Waals surface area contributed by atoms with Crippen LogP contribution >= 0.6 is 0 Å². The largest absolute Gasteiger partial charge is 0.469 e. The molecule has 0 unspecified atom stereocenters. The van der Waals surface area contributed by atoms with E-state index in [-0.39, 0.29) is 99.1 Å². The topological polar surface area (TPSA) is 292 Å². The number of amides is 1. The minimum atomic E-state index is -0.398. The first-order valence-corrected chi connectivity index (χ1v) is 41.4. The van der Waals surface area contributed by atoms with Gasteiger partial charge in [0.1, 0.15) is 33.0 Å². The highest BCUT2D eigenvalue weighted by atomic mass is 16.6. The van der Waals surface area contributed by atoms with Gasteiger partial charge >= 0.3 is 59.7 Å². The van der Waals surface area contributed by atoms with Gasteiger partial charge in [0.15, 0.2) is 0 Å². The molecule has 0 radical (unpaired) electrons. The van der Waals surface area contributed by atoms with Crippen molar-refractivity contribution in [2.24, 2.45) is 0 Å². The summed E-state index contributed by atoms with van der Waals surface area (Å²) >= 11 is 0. The van der Waals surface area contributed by atoms with Crippen molar-refractivity contribution in [3.63, 3.8) is 0 Å². The fraction of sp³-hybridized carbons (Fsp3) is 0.624. The lowest BCUT2D eigenvalue weighted by atomic mass is 10.1. The number of methoxy groups -OCH3 is 1. The second-order valence-electron chi connectivity index (χ2n) is 25.7. The van der Waals surface area contributed by atoms with E-state index < -0.39 is 5.97 Å². The number of esters is 10. The Labute approximate surface area is 696 Å². The van der Waals surface area contributed by atoms with E-state index in [2.05, 4.69) is 185 Å². The molecule has 662 valence electrons. The summed E-state index contributed by atoms with van der Waals surface area (Å²) in [6.07, 6.45) is 22.2. The van der Waals surface area contributed by atoms with Gasteiger partial charge in [-0.2, -0.15) is 0 Å². The van der Waals surface area contributed by atoms with Gasteiger partial charge in [0.2, 0.25) is 5.91 Å². The van der Waals surface area contributed by atoms with Gasteiger partial charge in [0.25, 0.3) is 0 Å². The quantitative estimate of drug-likeness (QED) is 0.0258. The molecular weight excluding hydrogens is 1470 g/mol. The summed E-state index contributed by atoms with van der Waals surface area (Å²) < 4.78 is 46.7. The van der Waals surface area contributed by atoms with Crippen LogP contribution in [-0.4, -0.2) is 139 Å². The Morgan fingerprint density at radius 1 is 0.287 bits per heavy atom. The Hall–Kier alpha value is -8.95. The van der Waals surface area contributed by atoms with Crippen LogP contribution in [0.5, 0.6) is 0 Å². The predicted molar refractivity (Wildman–Crippen MR) is 466 cm³/mol.